The normalized spacial score (nSPS) is 15.2. The topological polar surface area (TPSA) is 0 Å². The van der Waals surface area contributed by atoms with Crippen molar-refractivity contribution in [3.05, 3.63) is 0 Å². The van der Waals surface area contributed by atoms with Crippen LogP contribution >= 0.6 is 7.72 Å². The van der Waals surface area contributed by atoms with Crippen molar-refractivity contribution in [2.75, 3.05) is 6.66 Å². The molecular formula is CH5BFP. The molecule has 0 N–H and O–H groups in total. The van der Waals surface area contributed by atoms with Crippen LogP contribution in [0.15, 0.2) is 0 Å². The van der Waals surface area contributed by atoms with E-state index in [0.717, 1.165) is 0 Å². The van der Waals surface area contributed by atoms with Crippen LogP contribution in [0.25, 0.3) is 0 Å². The summed E-state index contributed by atoms with van der Waals surface area (Å²) in [6, 6.07) is 0. The summed E-state index contributed by atoms with van der Waals surface area (Å²) >= 11 is 0. The van der Waals surface area contributed by atoms with Gasteiger partial charge in [-0.1, -0.05) is 0 Å². The summed E-state index contributed by atoms with van der Waals surface area (Å²) in [5, 5.41) is 0. The fourth-order valence-corrected chi connectivity index (χ4v) is 0. The second-order valence-electron chi connectivity index (χ2n) is 0.676. The van der Waals surface area contributed by atoms with Crippen LogP contribution in [0.2, 0.25) is 0 Å². The Balaban J connectivity index is 2.80. The molecule has 1 atom stereocenters. The van der Waals surface area contributed by atoms with Gasteiger partial charge in [-0.15, -0.1) is 0 Å². The van der Waals surface area contributed by atoms with Gasteiger partial charge in [0, 0.05) is 0 Å². The molecule has 0 aliphatic heterocycles. The van der Waals surface area contributed by atoms with E-state index in [1.165, 1.54) is 6.66 Å². The molecule has 4 heavy (non-hydrogen) atoms. The number of halogens is 1. The minimum atomic E-state index is -1.63. The third kappa shape index (κ3) is 27.3. The Morgan fingerprint density at radius 2 is 2.00 bits per heavy atom. The quantitative estimate of drug-likeness (QED) is 0.293. The summed E-state index contributed by atoms with van der Waals surface area (Å²) in [7, 11) is 1.44. The summed E-state index contributed by atoms with van der Waals surface area (Å²) in [5.74, 6) is 0. The van der Waals surface area contributed by atoms with E-state index in [1.807, 2.05) is 0 Å². The van der Waals surface area contributed by atoms with E-state index in [-0.39, 0.29) is 0 Å². The number of hydrogen-bond donors (Lipinski definition) is 0. The molecule has 0 amide bonds. The Morgan fingerprint density at radius 1 is 2.00 bits per heavy atom. The predicted octanol–water partition coefficient (Wildman–Crippen LogP) is 0.531. The van der Waals surface area contributed by atoms with Gasteiger partial charge in [-0.2, -0.15) is 0 Å². The zero-order chi connectivity index (χ0) is 3.58. The molecule has 0 rings (SSSR count). The Kier molecular flexibility index (Phi) is 1.90. The molecule has 0 aromatic heterocycles. The SMILES string of the molecule is B=[PH](C)F. The summed E-state index contributed by atoms with van der Waals surface area (Å²) in [6.45, 7) is 1.49. The van der Waals surface area contributed by atoms with Gasteiger partial charge in [-0.3, -0.25) is 0 Å². The molecule has 0 fully saturated rings. The van der Waals surface area contributed by atoms with Crippen LogP contribution in [0.4, 0.5) is 4.20 Å². The first-order chi connectivity index (χ1) is 1.73. The molecule has 0 saturated heterocycles. The zero-order valence-corrected chi connectivity index (χ0v) is 3.59. The van der Waals surface area contributed by atoms with Crippen LogP contribution in [-0.2, 0) is 0 Å². The van der Waals surface area contributed by atoms with E-state index in [1.54, 1.807) is 0 Å². The van der Waals surface area contributed by atoms with Crippen molar-refractivity contribution in [2.45, 2.75) is 0 Å². The van der Waals surface area contributed by atoms with Crippen molar-refractivity contribution in [3.8, 4) is 0 Å². The molecule has 0 aromatic carbocycles. The fraction of sp³-hybridized carbons (Fsp3) is 1.00. The third-order valence-corrected chi connectivity index (χ3v) is 0. The van der Waals surface area contributed by atoms with Crippen molar-refractivity contribution in [2.24, 2.45) is 0 Å². The van der Waals surface area contributed by atoms with Gasteiger partial charge >= 0.3 is 25.8 Å². The molecule has 0 nitrogen and oxygen atoms in total. The van der Waals surface area contributed by atoms with E-state index in [2.05, 4.69) is 7.18 Å². The van der Waals surface area contributed by atoms with E-state index in [4.69, 9.17) is 0 Å². The molecule has 0 heterocycles. The van der Waals surface area contributed by atoms with Crippen molar-refractivity contribution in [1.29, 1.82) is 0 Å². The number of rotatable bonds is 0. The third-order valence-electron chi connectivity index (χ3n) is 0. The molecule has 0 radical (unpaired) electrons. The molecule has 24 valence electrons. The molecule has 0 bridgehead atoms. The molecule has 0 aliphatic rings. The van der Waals surface area contributed by atoms with Gasteiger partial charge in [0.1, 0.15) is 0 Å². The minimum absolute atomic E-state index is 1.49. The predicted molar refractivity (Wildman–Crippen MR) is 22.5 cm³/mol. The zero-order valence-electron chi connectivity index (χ0n) is 2.59. The summed E-state index contributed by atoms with van der Waals surface area (Å²) in [6.07, 6.45) is 0. The van der Waals surface area contributed by atoms with E-state index >= 15 is 0 Å². The van der Waals surface area contributed by atoms with Gasteiger partial charge in [0.2, 0.25) is 0 Å². The molecular weight excluding hydrogens is 72.8 g/mol. The first-order valence-electron chi connectivity index (χ1n) is 1.04. The number of hydrogen-bond acceptors (Lipinski definition) is 0. The van der Waals surface area contributed by atoms with Crippen LogP contribution in [0.5, 0.6) is 0 Å². The van der Waals surface area contributed by atoms with Crippen LogP contribution < -0.4 is 0 Å². The van der Waals surface area contributed by atoms with Crippen LogP contribution in [0, 0.1) is 0 Å². The van der Waals surface area contributed by atoms with Crippen LogP contribution in [-0.4, -0.2) is 13.8 Å². The average Bonchev–Trinajstić information content (AvgIpc) is 0.811. The van der Waals surface area contributed by atoms with Gasteiger partial charge in [0.05, 0.1) is 0 Å². The van der Waals surface area contributed by atoms with Gasteiger partial charge in [0.15, 0.2) is 0 Å². The maximum absolute atomic E-state index is 11.0. The van der Waals surface area contributed by atoms with Crippen molar-refractivity contribution in [3.63, 3.8) is 0 Å². The Hall–Kier alpha value is 0.425. The maximum atomic E-state index is 11.0. The molecule has 3 heteroatoms. The average molecular weight is 77.8 g/mol. The van der Waals surface area contributed by atoms with Crippen molar-refractivity contribution < 1.29 is 4.20 Å². The van der Waals surface area contributed by atoms with Crippen molar-refractivity contribution >= 4 is 14.9 Å². The summed E-state index contributed by atoms with van der Waals surface area (Å²) in [5.41, 5.74) is 0. The fourth-order valence-electron chi connectivity index (χ4n) is 0. The van der Waals surface area contributed by atoms with E-state index in [0.29, 0.717) is 0 Å². The molecule has 0 spiro atoms. The second-order valence-corrected chi connectivity index (χ2v) is 2.03. The van der Waals surface area contributed by atoms with Crippen molar-refractivity contribution in [1.82, 2.24) is 0 Å². The first-order valence-corrected chi connectivity index (χ1v) is 3.13. The summed E-state index contributed by atoms with van der Waals surface area (Å²) < 4.78 is 11.0. The van der Waals surface area contributed by atoms with Gasteiger partial charge in [0.25, 0.3) is 0 Å². The second kappa shape index (κ2) is 1.72. The standard InChI is InChI=1S/CH5BFP/c1-4(2)3/h2,4H,1H3. The van der Waals surface area contributed by atoms with E-state index in [9.17, 15) is 4.20 Å². The van der Waals surface area contributed by atoms with Gasteiger partial charge < -0.3 is 0 Å². The first kappa shape index (κ1) is 4.42. The Morgan fingerprint density at radius 3 is 2.00 bits per heavy atom. The van der Waals surface area contributed by atoms with Gasteiger partial charge in [-0.05, 0) is 0 Å². The Labute approximate surface area is 26.9 Å². The monoisotopic (exact) mass is 78.0 g/mol. The molecule has 0 aromatic rings. The van der Waals surface area contributed by atoms with Gasteiger partial charge in [-0.25, -0.2) is 0 Å². The van der Waals surface area contributed by atoms with Crippen LogP contribution in [0.3, 0.4) is 0 Å². The molecule has 0 aliphatic carbocycles. The van der Waals surface area contributed by atoms with E-state index < -0.39 is 7.72 Å². The molecule has 0 saturated carbocycles. The molecule has 1 unspecified atom stereocenters. The summed E-state index contributed by atoms with van der Waals surface area (Å²) in [4.78, 5) is 0. The van der Waals surface area contributed by atoms with Crippen LogP contribution in [0.1, 0.15) is 0 Å². The Bertz CT molecular complexity index is 31.0.